The maximum absolute atomic E-state index is 6.11. The SMILES string of the molecule is CN(C)CC(C)(C)CNCc1ccccc1Cl. The molecule has 96 valence electrons. The molecule has 1 rings (SSSR count). The van der Waals surface area contributed by atoms with Gasteiger partial charge in [0.15, 0.2) is 0 Å². The molecule has 1 aromatic rings. The summed E-state index contributed by atoms with van der Waals surface area (Å²) in [5, 5.41) is 4.32. The van der Waals surface area contributed by atoms with Crippen molar-refractivity contribution in [1.29, 1.82) is 0 Å². The lowest BCUT2D eigenvalue weighted by Gasteiger charge is -2.28. The van der Waals surface area contributed by atoms with Crippen LogP contribution in [0.4, 0.5) is 0 Å². The van der Waals surface area contributed by atoms with Crippen LogP contribution in [-0.4, -0.2) is 32.1 Å². The molecular formula is C14H23ClN2. The van der Waals surface area contributed by atoms with Crippen LogP contribution in [0, 0.1) is 5.41 Å². The van der Waals surface area contributed by atoms with Crippen LogP contribution in [0.1, 0.15) is 19.4 Å². The summed E-state index contributed by atoms with van der Waals surface area (Å²) < 4.78 is 0. The average Bonchev–Trinajstić information content (AvgIpc) is 2.18. The Bertz CT molecular complexity index is 348. The first kappa shape index (κ1) is 14.5. The van der Waals surface area contributed by atoms with E-state index in [4.69, 9.17) is 11.6 Å². The van der Waals surface area contributed by atoms with Gasteiger partial charge in [0.2, 0.25) is 0 Å². The van der Waals surface area contributed by atoms with Crippen LogP contribution in [0.15, 0.2) is 24.3 Å². The molecule has 2 nitrogen and oxygen atoms in total. The predicted molar refractivity (Wildman–Crippen MR) is 75.5 cm³/mol. The number of nitrogens with zero attached hydrogens (tertiary/aromatic N) is 1. The van der Waals surface area contributed by atoms with Gasteiger partial charge in [-0.1, -0.05) is 43.6 Å². The van der Waals surface area contributed by atoms with E-state index >= 15 is 0 Å². The third-order valence-corrected chi connectivity index (χ3v) is 2.99. The molecule has 0 spiro atoms. The molecular weight excluding hydrogens is 232 g/mol. The van der Waals surface area contributed by atoms with E-state index in [0.717, 1.165) is 30.2 Å². The Hall–Kier alpha value is -0.570. The molecule has 0 heterocycles. The maximum Gasteiger partial charge on any atom is 0.0450 e. The van der Waals surface area contributed by atoms with Crippen molar-refractivity contribution in [3.05, 3.63) is 34.9 Å². The van der Waals surface area contributed by atoms with Gasteiger partial charge in [0, 0.05) is 24.7 Å². The van der Waals surface area contributed by atoms with Crippen molar-refractivity contribution in [2.75, 3.05) is 27.2 Å². The van der Waals surface area contributed by atoms with Crippen LogP contribution in [0.3, 0.4) is 0 Å². The highest BCUT2D eigenvalue weighted by molar-refractivity contribution is 6.31. The van der Waals surface area contributed by atoms with E-state index < -0.39 is 0 Å². The molecule has 0 aromatic heterocycles. The molecule has 17 heavy (non-hydrogen) atoms. The highest BCUT2D eigenvalue weighted by Crippen LogP contribution is 2.17. The van der Waals surface area contributed by atoms with Gasteiger partial charge in [0.1, 0.15) is 0 Å². The van der Waals surface area contributed by atoms with E-state index in [1.165, 1.54) is 0 Å². The van der Waals surface area contributed by atoms with Crippen LogP contribution < -0.4 is 5.32 Å². The molecule has 0 saturated carbocycles. The fourth-order valence-corrected chi connectivity index (χ4v) is 2.29. The quantitative estimate of drug-likeness (QED) is 0.840. The van der Waals surface area contributed by atoms with Crippen molar-refractivity contribution in [1.82, 2.24) is 10.2 Å². The van der Waals surface area contributed by atoms with E-state index in [1.54, 1.807) is 0 Å². The van der Waals surface area contributed by atoms with Crippen molar-refractivity contribution in [3.63, 3.8) is 0 Å². The van der Waals surface area contributed by atoms with Crippen LogP contribution in [-0.2, 0) is 6.54 Å². The fraction of sp³-hybridized carbons (Fsp3) is 0.571. The third-order valence-electron chi connectivity index (χ3n) is 2.62. The molecule has 1 aromatic carbocycles. The summed E-state index contributed by atoms with van der Waals surface area (Å²) in [6.45, 7) is 7.43. The molecule has 0 unspecified atom stereocenters. The first-order valence-corrected chi connectivity index (χ1v) is 6.37. The van der Waals surface area contributed by atoms with Gasteiger partial charge in [0.05, 0.1) is 0 Å². The van der Waals surface area contributed by atoms with Gasteiger partial charge in [-0.2, -0.15) is 0 Å². The Balaban J connectivity index is 2.40. The van der Waals surface area contributed by atoms with Crippen LogP contribution in [0.25, 0.3) is 0 Å². The third kappa shape index (κ3) is 5.53. The zero-order valence-corrected chi connectivity index (χ0v) is 12.0. The topological polar surface area (TPSA) is 15.3 Å². The van der Waals surface area contributed by atoms with Gasteiger partial charge in [-0.15, -0.1) is 0 Å². The standard InChI is InChI=1S/C14H23ClN2/c1-14(2,11-17(3)4)10-16-9-12-7-5-6-8-13(12)15/h5-8,16H,9-11H2,1-4H3. The Morgan fingerprint density at radius 1 is 1.24 bits per heavy atom. The van der Waals surface area contributed by atoms with Gasteiger partial charge in [-0.25, -0.2) is 0 Å². The first-order chi connectivity index (χ1) is 7.91. The first-order valence-electron chi connectivity index (χ1n) is 5.99. The monoisotopic (exact) mass is 254 g/mol. The van der Waals surface area contributed by atoms with E-state index in [0.29, 0.717) is 0 Å². The summed E-state index contributed by atoms with van der Waals surface area (Å²) in [7, 11) is 4.21. The minimum atomic E-state index is 0.269. The van der Waals surface area contributed by atoms with Crippen LogP contribution in [0.2, 0.25) is 5.02 Å². The lowest BCUT2D eigenvalue weighted by Crippen LogP contribution is -2.37. The average molecular weight is 255 g/mol. The van der Waals surface area contributed by atoms with E-state index in [2.05, 4.69) is 44.2 Å². The van der Waals surface area contributed by atoms with Gasteiger partial charge >= 0.3 is 0 Å². The number of benzene rings is 1. The number of hydrogen-bond donors (Lipinski definition) is 1. The smallest absolute Gasteiger partial charge is 0.0450 e. The molecule has 0 atom stereocenters. The maximum atomic E-state index is 6.11. The van der Waals surface area contributed by atoms with E-state index in [-0.39, 0.29) is 5.41 Å². The fourth-order valence-electron chi connectivity index (χ4n) is 2.09. The molecule has 0 saturated heterocycles. The predicted octanol–water partition coefficient (Wildman–Crippen LogP) is 3.02. The van der Waals surface area contributed by atoms with Gasteiger partial charge in [-0.3, -0.25) is 0 Å². The number of halogens is 1. The molecule has 0 aliphatic heterocycles. The van der Waals surface area contributed by atoms with E-state index in [9.17, 15) is 0 Å². The van der Waals surface area contributed by atoms with Crippen LogP contribution >= 0.6 is 11.6 Å². The van der Waals surface area contributed by atoms with Crippen LogP contribution in [0.5, 0.6) is 0 Å². The zero-order chi connectivity index (χ0) is 12.9. The minimum absolute atomic E-state index is 0.269. The second-order valence-corrected chi connectivity index (χ2v) is 6.00. The summed E-state index contributed by atoms with van der Waals surface area (Å²) in [6, 6.07) is 7.98. The zero-order valence-electron chi connectivity index (χ0n) is 11.3. The summed E-state index contributed by atoms with van der Waals surface area (Å²) in [5.74, 6) is 0. The largest absolute Gasteiger partial charge is 0.312 e. The van der Waals surface area contributed by atoms with E-state index in [1.807, 2.05) is 18.2 Å². The van der Waals surface area contributed by atoms with Gasteiger partial charge in [-0.05, 0) is 31.1 Å². The van der Waals surface area contributed by atoms with Crippen molar-refractivity contribution in [2.45, 2.75) is 20.4 Å². The van der Waals surface area contributed by atoms with Crippen molar-refractivity contribution >= 4 is 11.6 Å². The minimum Gasteiger partial charge on any atom is -0.312 e. The lowest BCUT2D eigenvalue weighted by atomic mass is 9.93. The molecule has 0 fully saturated rings. The molecule has 0 aliphatic rings. The Kier molecular flexibility index (Phi) is 5.44. The highest BCUT2D eigenvalue weighted by atomic mass is 35.5. The van der Waals surface area contributed by atoms with Crippen molar-refractivity contribution in [3.8, 4) is 0 Å². The normalized spacial score (nSPS) is 12.1. The Labute approximate surface area is 110 Å². The second-order valence-electron chi connectivity index (χ2n) is 5.60. The molecule has 0 bridgehead atoms. The molecule has 3 heteroatoms. The summed E-state index contributed by atoms with van der Waals surface area (Å²) in [6.07, 6.45) is 0. The van der Waals surface area contributed by atoms with Gasteiger partial charge in [0.25, 0.3) is 0 Å². The summed E-state index contributed by atoms with van der Waals surface area (Å²) >= 11 is 6.11. The number of rotatable bonds is 6. The number of nitrogens with one attached hydrogen (secondary N) is 1. The Morgan fingerprint density at radius 3 is 2.47 bits per heavy atom. The summed E-state index contributed by atoms with van der Waals surface area (Å²) in [4.78, 5) is 2.22. The van der Waals surface area contributed by atoms with Crippen molar-refractivity contribution < 1.29 is 0 Å². The van der Waals surface area contributed by atoms with Crippen molar-refractivity contribution in [2.24, 2.45) is 5.41 Å². The molecule has 0 radical (unpaired) electrons. The molecule has 0 aliphatic carbocycles. The Morgan fingerprint density at radius 2 is 1.88 bits per heavy atom. The molecule has 1 N–H and O–H groups in total. The van der Waals surface area contributed by atoms with Gasteiger partial charge < -0.3 is 10.2 Å². The lowest BCUT2D eigenvalue weighted by molar-refractivity contribution is 0.232. The number of hydrogen-bond acceptors (Lipinski definition) is 2. The summed E-state index contributed by atoms with van der Waals surface area (Å²) in [5.41, 5.74) is 1.43. The second kappa shape index (κ2) is 6.39. The highest BCUT2D eigenvalue weighted by Gasteiger charge is 2.18. The molecule has 0 amide bonds.